The summed E-state index contributed by atoms with van der Waals surface area (Å²) in [5.41, 5.74) is 12.4. The van der Waals surface area contributed by atoms with Gasteiger partial charge >= 0.3 is 0 Å². The molecule has 0 saturated carbocycles. The van der Waals surface area contributed by atoms with Crippen LogP contribution in [0.25, 0.3) is 10.9 Å². The normalized spacial score (nSPS) is 10.3. The molecule has 1 heterocycles. The molecular formula is C8H7N5O. The highest BCUT2D eigenvalue weighted by Gasteiger charge is 2.06. The Balaban J connectivity index is 3.05. The third-order valence-electron chi connectivity index (χ3n) is 1.90. The van der Waals surface area contributed by atoms with E-state index < -0.39 is 5.56 Å². The van der Waals surface area contributed by atoms with Gasteiger partial charge in [0.25, 0.3) is 5.56 Å². The van der Waals surface area contributed by atoms with Gasteiger partial charge in [-0.2, -0.15) is 15.2 Å². The molecule has 70 valence electrons. The van der Waals surface area contributed by atoms with E-state index in [0.29, 0.717) is 10.9 Å². The lowest BCUT2D eigenvalue weighted by Gasteiger charge is -2.04. The molecule has 1 aromatic carbocycles. The summed E-state index contributed by atoms with van der Waals surface area (Å²) in [5.74, 6) is -0.0799. The van der Waals surface area contributed by atoms with Crippen molar-refractivity contribution in [3.63, 3.8) is 0 Å². The van der Waals surface area contributed by atoms with Crippen molar-refractivity contribution < 1.29 is 0 Å². The van der Waals surface area contributed by atoms with Crippen molar-refractivity contribution >= 4 is 16.9 Å². The van der Waals surface area contributed by atoms with Crippen LogP contribution in [-0.4, -0.2) is 9.66 Å². The maximum absolute atomic E-state index is 11.4. The van der Waals surface area contributed by atoms with Gasteiger partial charge in [0.15, 0.2) is 0 Å². The van der Waals surface area contributed by atoms with Gasteiger partial charge in [0, 0.05) is 0 Å². The number of nitrogen functional groups attached to an aromatic ring is 1. The molecule has 0 spiro atoms. The van der Waals surface area contributed by atoms with Gasteiger partial charge in [-0.15, -0.1) is 0 Å². The molecular weight excluding hydrogens is 182 g/mol. The molecule has 0 fully saturated rings. The van der Waals surface area contributed by atoms with E-state index in [1.54, 1.807) is 24.3 Å². The Bertz CT molecular complexity index is 559. The number of nitrogens with one attached hydrogen (secondary N) is 1. The van der Waals surface area contributed by atoms with Crippen molar-refractivity contribution in [2.45, 2.75) is 0 Å². The Labute approximate surface area is 78.5 Å². The quantitative estimate of drug-likeness (QED) is 0.648. The van der Waals surface area contributed by atoms with Crippen LogP contribution in [0, 0.1) is 5.53 Å². The predicted octanol–water partition coefficient (Wildman–Crippen LogP) is 0.773. The third kappa shape index (κ3) is 1.05. The maximum Gasteiger partial charge on any atom is 0.282 e. The monoisotopic (exact) mass is 189 g/mol. The molecule has 6 nitrogen and oxygen atoms in total. The lowest BCUT2D eigenvalue weighted by atomic mass is 10.2. The topological polar surface area (TPSA) is 97.1 Å². The second kappa shape index (κ2) is 2.91. The van der Waals surface area contributed by atoms with E-state index in [2.05, 4.69) is 10.2 Å². The largest absolute Gasteiger partial charge is 0.368 e. The molecule has 0 radical (unpaired) electrons. The fourth-order valence-electron chi connectivity index (χ4n) is 1.28. The summed E-state index contributed by atoms with van der Waals surface area (Å²) in [6.45, 7) is 0. The van der Waals surface area contributed by atoms with Crippen molar-refractivity contribution in [2.24, 2.45) is 5.22 Å². The first kappa shape index (κ1) is 8.36. The number of para-hydroxylation sites is 1. The summed E-state index contributed by atoms with van der Waals surface area (Å²) < 4.78 is 1.11. The van der Waals surface area contributed by atoms with Crippen LogP contribution in [-0.2, 0) is 0 Å². The summed E-state index contributed by atoms with van der Waals surface area (Å²) in [4.78, 5) is 14.9. The number of nitrogens with zero attached hydrogens (tertiary/aromatic N) is 3. The number of nitrogens with two attached hydrogens (primary N) is 1. The average Bonchev–Trinajstić information content (AvgIpc) is 2.18. The number of aromatic nitrogens is 2. The predicted molar refractivity (Wildman–Crippen MR) is 51.0 cm³/mol. The van der Waals surface area contributed by atoms with E-state index in [-0.39, 0.29) is 5.95 Å². The SMILES string of the molecule is N=Nn1c(N)nc(=O)c2ccccc21. The van der Waals surface area contributed by atoms with Crippen molar-refractivity contribution in [3.8, 4) is 0 Å². The van der Waals surface area contributed by atoms with E-state index in [1.807, 2.05) is 0 Å². The van der Waals surface area contributed by atoms with Crippen molar-refractivity contribution in [2.75, 3.05) is 5.73 Å². The maximum atomic E-state index is 11.4. The zero-order chi connectivity index (χ0) is 10.1. The van der Waals surface area contributed by atoms with Crippen LogP contribution < -0.4 is 11.3 Å². The number of hydrogen-bond donors (Lipinski definition) is 2. The number of rotatable bonds is 1. The van der Waals surface area contributed by atoms with E-state index >= 15 is 0 Å². The van der Waals surface area contributed by atoms with Gasteiger partial charge in [0.05, 0.1) is 10.9 Å². The van der Waals surface area contributed by atoms with Gasteiger partial charge in [0.1, 0.15) is 0 Å². The van der Waals surface area contributed by atoms with Crippen molar-refractivity contribution in [1.29, 1.82) is 5.53 Å². The minimum atomic E-state index is -0.405. The molecule has 0 aliphatic rings. The molecule has 0 aliphatic carbocycles. The van der Waals surface area contributed by atoms with Gasteiger partial charge in [0.2, 0.25) is 5.95 Å². The minimum Gasteiger partial charge on any atom is -0.368 e. The molecule has 1 aromatic heterocycles. The highest BCUT2D eigenvalue weighted by molar-refractivity contribution is 5.78. The summed E-state index contributed by atoms with van der Waals surface area (Å²) in [6.07, 6.45) is 0. The molecule has 0 bridgehead atoms. The number of fused-ring (bicyclic) bond motifs is 1. The molecule has 0 amide bonds. The Morgan fingerprint density at radius 2 is 2.14 bits per heavy atom. The molecule has 2 aromatic rings. The molecule has 0 saturated heterocycles. The molecule has 0 atom stereocenters. The highest BCUT2D eigenvalue weighted by Crippen LogP contribution is 2.11. The summed E-state index contributed by atoms with van der Waals surface area (Å²) in [6, 6.07) is 6.73. The van der Waals surface area contributed by atoms with E-state index in [9.17, 15) is 4.79 Å². The fourth-order valence-corrected chi connectivity index (χ4v) is 1.28. The number of benzene rings is 1. The second-order valence-corrected chi connectivity index (χ2v) is 2.70. The molecule has 14 heavy (non-hydrogen) atoms. The minimum absolute atomic E-state index is 0.0799. The van der Waals surface area contributed by atoms with Crippen LogP contribution in [0.3, 0.4) is 0 Å². The average molecular weight is 189 g/mol. The summed E-state index contributed by atoms with van der Waals surface area (Å²) in [7, 11) is 0. The summed E-state index contributed by atoms with van der Waals surface area (Å²) >= 11 is 0. The first-order valence-corrected chi connectivity index (χ1v) is 3.89. The van der Waals surface area contributed by atoms with Crippen LogP contribution >= 0.6 is 0 Å². The second-order valence-electron chi connectivity index (χ2n) is 2.70. The van der Waals surface area contributed by atoms with Crippen molar-refractivity contribution in [1.82, 2.24) is 9.66 Å². The summed E-state index contributed by atoms with van der Waals surface area (Å²) in [5, 5.41) is 3.58. The van der Waals surface area contributed by atoms with Gasteiger partial charge in [-0.25, -0.2) is 0 Å². The van der Waals surface area contributed by atoms with Crippen LogP contribution in [0.2, 0.25) is 0 Å². The van der Waals surface area contributed by atoms with Gasteiger partial charge in [-0.1, -0.05) is 17.4 Å². The van der Waals surface area contributed by atoms with Crippen LogP contribution in [0.4, 0.5) is 5.95 Å². The van der Waals surface area contributed by atoms with E-state index in [4.69, 9.17) is 11.3 Å². The van der Waals surface area contributed by atoms with Gasteiger partial charge < -0.3 is 5.73 Å². The number of hydrogen-bond acceptors (Lipinski definition) is 5. The molecule has 0 aliphatic heterocycles. The Morgan fingerprint density at radius 3 is 2.86 bits per heavy atom. The Hall–Kier alpha value is -2.24. The van der Waals surface area contributed by atoms with E-state index in [0.717, 1.165) is 4.68 Å². The first-order valence-electron chi connectivity index (χ1n) is 3.89. The first-order chi connectivity index (χ1) is 6.74. The molecule has 6 heteroatoms. The third-order valence-corrected chi connectivity index (χ3v) is 1.90. The number of anilines is 1. The highest BCUT2D eigenvalue weighted by atomic mass is 16.1. The Morgan fingerprint density at radius 1 is 1.43 bits per heavy atom. The van der Waals surface area contributed by atoms with Crippen molar-refractivity contribution in [3.05, 3.63) is 34.6 Å². The standard InChI is InChI=1S/C8H7N5O/c9-8-11-7(14)5-3-1-2-4-6(5)13(8)12-10/h1-4,10H,(H2,9,11,14). The Kier molecular flexibility index (Phi) is 1.74. The van der Waals surface area contributed by atoms with Gasteiger partial charge in [-0.05, 0) is 12.1 Å². The molecule has 3 N–H and O–H groups in total. The van der Waals surface area contributed by atoms with E-state index in [1.165, 1.54) is 0 Å². The van der Waals surface area contributed by atoms with Crippen LogP contribution in [0.15, 0.2) is 34.3 Å². The molecule has 2 rings (SSSR count). The van der Waals surface area contributed by atoms with Gasteiger partial charge in [-0.3, -0.25) is 4.79 Å². The van der Waals surface area contributed by atoms with Crippen LogP contribution in [0.1, 0.15) is 0 Å². The molecule has 0 unspecified atom stereocenters. The zero-order valence-electron chi connectivity index (χ0n) is 7.14. The smallest absolute Gasteiger partial charge is 0.282 e. The zero-order valence-corrected chi connectivity index (χ0v) is 7.14. The lowest BCUT2D eigenvalue weighted by Crippen LogP contribution is -2.15. The lowest BCUT2D eigenvalue weighted by molar-refractivity contribution is 0.782. The fraction of sp³-hybridized carbons (Fsp3) is 0. The van der Waals surface area contributed by atoms with Crippen LogP contribution in [0.5, 0.6) is 0 Å².